The summed E-state index contributed by atoms with van der Waals surface area (Å²) in [7, 11) is -1.18. The molecule has 3 aromatic rings. The van der Waals surface area contributed by atoms with Crippen LogP contribution in [0.1, 0.15) is 26.3 Å². The van der Waals surface area contributed by atoms with Crippen molar-refractivity contribution in [2.75, 3.05) is 19.5 Å². The highest BCUT2D eigenvalue weighted by atomic mass is 32.2. The highest BCUT2D eigenvalue weighted by molar-refractivity contribution is 7.89. The SMILES string of the molecule is COC(=O)c1cc(C(=O)Nc2ccc(S(=O)(=O)N(C)Cc3ccccc3)cc2)cc([N+](=O)[O-])c1. The van der Waals surface area contributed by atoms with Gasteiger partial charge in [-0.1, -0.05) is 30.3 Å². The van der Waals surface area contributed by atoms with E-state index in [0.717, 1.165) is 24.8 Å². The number of nitro groups is 1. The van der Waals surface area contributed by atoms with E-state index in [1.54, 1.807) is 0 Å². The summed E-state index contributed by atoms with van der Waals surface area (Å²) in [6.45, 7) is 0.191. The fourth-order valence-corrected chi connectivity index (χ4v) is 4.26. The Morgan fingerprint density at radius 1 is 1.00 bits per heavy atom. The van der Waals surface area contributed by atoms with Crippen molar-refractivity contribution in [2.45, 2.75) is 11.4 Å². The number of nitrogens with one attached hydrogen (secondary N) is 1. The maximum atomic E-state index is 12.9. The first kappa shape index (κ1) is 24.6. The molecule has 34 heavy (non-hydrogen) atoms. The molecule has 0 spiro atoms. The van der Waals surface area contributed by atoms with Gasteiger partial charge in [-0.05, 0) is 35.9 Å². The van der Waals surface area contributed by atoms with Crippen LogP contribution >= 0.6 is 0 Å². The molecular weight excluding hydrogens is 462 g/mol. The van der Waals surface area contributed by atoms with Gasteiger partial charge >= 0.3 is 5.97 Å². The van der Waals surface area contributed by atoms with Gasteiger partial charge in [-0.3, -0.25) is 14.9 Å². The molecule has 0 atom stereocenters. The average Bonchev–Trinajstić information content (AvgIpc) is 2.84. The lowest BCUT2D eigenvalue weighted by Crippen LogP contribution is -2.26. The van der Waals surface area contributed by atoms with Crippen LogP contribution in [-0.2, 0) is 21.3 Å². The minimum Gasteiger partial charge on any atom is -0.465 e. The number of methoxy groups -OCH3 is 1. The van der Waals surface area contributed by atoms with Crippen LogP contribution < -0.4 is 5.32 Å². The van der Waals surface area contributed by atoms with Gasteiger partial charge in [-0.2, -0.15) is 4.31 Å². The van der Waals surface area contributed by atoms with E-state index >= 15 is 0 Å². The van der Waals surface area contributed by atoms with E-state index in [-0.39, 0.29) is 28.3 Å². The third kappa shape index (κ3) is 5.63. The summed E-state index contributed by atoms with van der Waals surface area (Å²) < 4.78 is 31.5. The first-order chi connectivity index (χ1) is 16.1. The number of esters is 1. The van der Waals surface area contributed by atoms with Crippen molar-refractivity contribution in [1.82, 2.24) is 4.31 Å². The number of benzene rings is 3. The van der Waals surface area contributed by atoms with E-state index in [1.165, 1.54) is 41.7 Å². The van der Waals surface area contributed by atoms with E-state index in [0.29, 0.717) is 0 Å². The van der Waals surface area contributed by atoms with Crippen molar-refractivity contribution in [3.8, 4) is 0 Å². The number of rotatable bonds is 8. The van der Waals surface area contributed by atoms with Crippen molar-refractivity contribution < 1.29 is 27.7 Å². The normalized spacial score (nSPS) is 11.1. The van der Waals surface area contributed by atoms with Gasteiger partial charge in [0.05, 0.1) is 22.5 Å². The summed E-state index contributed by atoms with van der Waals surface area (Å²) in [5.74, 6) is -1.54. The number of hydrogen-bond donors (Lipinski definition) is 1. The van der Waals surface area contributed by atoms with Gasteiger partial charge in [0.15, 0.2) is 0 Å². The number of amides is 1. The predicted octanol–water partition coefficient (Wildman–Crippen LogP) is 3.45. The lowest BCUT2D eigenvalue weighted by Gasteiger charge is -2.17. The van der Waals surface area contributed by atoms with Crippen LogP contribution in [0.5, 0.6) is 0 Å². The van der Waals surface area contributed by atoms with E-state index in [1.807, 2.05) is 30.3 Å². The van der Waals surface area contributed by atoms with Crippen molar-refractivity contribution in [3.63, 3.8) is 0 Å². The smallest absolute Gasteiger partial charge is 0.338 e. The maximum absolute atomic E-state index is 12.9. The largest absolute Gasteiger partial charge is 0.465 e. The molecule has 0 radical (unpaired) electrons. The Morgan fingerprint density at radius 3 is 2.21 bits per heavy atom. The van der Waals surface area contributed by atoms with Crippen molar-refractivity contribution in [1.29, 1.82) is 0 Å². The molecule has 0 saturated carbocycles. The number of non-ortho nitro benzene ring substituents is 1. The zero-order valence-corrected chi connectivity index (χ0v) is 19.1. The number of carbonyl (C=O) groups excluding carboxylic acids is 2. The van der Waals surface area contributed by atoms with Gasteiger partial charge in [0.2, 0.25) is 10.0 Å². The minimum atomic E-state index is -3.77. The number of hydrogen-bond acceptors (Lipinski definition) is 7. The van der Waals surface area contributed by atoms with Gasteiger partial charge in [0.1, 0.15) is 0 Å². The second kappa shape index (κ2) is 10.2. The highest BCUT2D eigenvalue weighted by Crippen LogP contribution is 2.22. The average molecular weight is 484 g/mol. The Labute approximate surface area is 196 Å². The summed E-state index contributed by atoms with van der Waals surface area (Å²) in [6.07, 6.45) is 0. The molecule has 1 N–H and O–H groups in total. The third-order valence-corrected chi connectivity index (χ3v) is 6.70. The van der Waals surface area contributed by atoms with E-state index in [2.05, 4.69) is 10.1 Å². The molecule has 0 aromatic heterocycles. The first-order valence-corrected chi connectivity index (χ1v) is 11.4. The predicted molar refractivity (Wildman–Crippen MR) is 124 cm³/mol. The molecule has 0 fully saturated rings. The van der Waals surface area contributed by atoms with Crippen molar-refractivity contribution in [2.24, 2.45) is 0 Å². The fourth-order valence-electron chi connectivity index (χ4n) is 3.10. The van der Waals surface area contributed by atoms with E-state index in [4.69, 9.17) is 0 Å². The number of anilines is 1. The highest BCUT2D eigenvalue weighted by Gasteiger charge is 2.22. The van der Waals surface area contributed by atoms with Gasteiger partial charge < -0.3 is 10.1 Å². The molecule has 0 aliphatic heterocycles. The quantitative estimate of drug-likeness (QED) is 0.294. The van der Waals surface area contributed by atoms with Gasteiger partial charge in [-0.25, -0.2) is 13.2 Å². The molecule has 0 heterocycles. The maximum Gasteiger partial charge on any atom is 0.338 e. The third-order valence-electron chi connectivity index (χ3n) is 4.88. The number of sulfonamides is 1. The molecule has 176 valence electrons. The molecule has 0 bridgehead atoms. The van der Waals surface area contributed by atoms with E-state index < -0.39 is 32.5 Å². The molecule has 1 amide bonds. The number of nitrogens with zero attached hydrogens (tertiary/aromatic N) is 2. The molecule has 11 heteroatoms. The van der Waals surface area contributed by atoms with Crippen LogP contribution in [0.25, 0.3) is 0 Å². The molecule has 0 unspecified atom stereocenters. The Hall–Kier alpha value is -4.09. The van der Waals surface area contributed by atoms with Crippen LogP contribution in [0, 0.1) is 10.1 Å². The summed E-state index contributed by atoms with van der Waals surface area (Å²) in [4.78, 5) is 34.9. The number of ether oxygens (including phenoxy) is 1. The zero-order chi connectivity index (χ0) is 24.9. The van der Waals surface area contributed by atoms with E-state index in [9.17, 15) is 28.1 Å². The van der Waals surface area contributed by atoms with Crippen molar-refractivity contribution in [3.05, 3.63) is 99.6 Å². The lowest BCUT2D eigenvalue weighted by molar-refractivity contribution is -0.384. The summed E-state index contributed by atoms with van der Waals surface area (Å²) >= 11 is 0. The van der Waals surface area contributed by atoms with Crippen LogP contribution in [0.15, 0.2) is 77.7 Å². The van der Waals surface area contributed by atoms with Gasteiger partial charge in [-0.15, -0.1) is 0 Å². The second-order valence-electron chi connectivity index (χ2n) is 7.24. The molecule has 10 nitrogen and oxygen atoms in total. The second-order valence-corrected chi connectivity index (χ2v) is 9.29. The molecular formula is C23H21N3O7S. The monoisotopic (exact) mass is 483 g/mol. The molecule has 3 rings (SSSR count). The van der Waals surface area contributed by atoms with Crippen LogP contribution in [0.4, 0.5) is 11.4 Å². The summed E-state index contributed by atoms with van der Waals surface area (Å²) in [6, 6.07) is 17.8. The topological polar surface area (TPSA) is 136 Å². The number of nitro benzene ring substituents is 1. The van der Waals surface area contributed by atoms with Gasteiger partial charge in [0.25, 0.3) is 11.6 Å². The van der Waals surface area contributed by atoms with Crippen LogP contribution in [-0.4, -0.2) is 43.7 Å². The Kier molecular flexibility index (Phi) is 7.39. The van der Waals surface area contributed by atoms with Crippen LogP contribution in [0.2, 0.25) is 0 Å². The molecule has 3 aromatic carbocycles. The molecule has 0 aliphatic rings. The van der Waals surface area contributed by atoms with Crippen molar-refractivity contribution >= 4 is 33.3 Å². The zero-order valence-electron chi connectivity index (χ0n) is 18.3. The number of carbonyl (C=O) groups is 2. The lowest BCUT2D eigenvalue weighted by atomic mass is 10.1. The Balaban J connectivity index is 1.78. The summed E-state index contributed by atoms with van der Waals surface area (Å²) in [5, 5.41) is 13.7. The Bertz CT molecular complexity index is 1320. The summed E-state index contributed by atoms with van der Waals surface area (Å²) in [5.41, 5.74) is 0.371. The molecule has 0 saturated heterocycles. The van der Waals surface area contributed by atoms with Gasteiger partial charge in [0, 0.05) is 37.0 Å². The fraction of sp³-hybridized carbons (Fsp3) is 0.130. The Morgan fingerprint density at radius 2 is 1.62 bits per heavy atom. The standard InChI is InChI=1S/C23H21N3O7S/c1-25(15-16-6-4-3-5-7-16)34(31,32)21-10-8-19(9-11-21)24-22(27)17-12-18(23(28)33-2)14-20(13-17)26(29)30/h3-14H,15H2,1-2H3,(H,24,27). The van der Waals surface area contributed by atoms with Crippen LogP contribution in [0.3, 0.4) is 0 Å². The minimum absolute atomic E-state index is 0.0345. The molecule has 0 aliphatic carbocycles. The first-order valence-electron chi connectivity index (χ1n) is 9.91.